The van der Waals surface area contributed by atoms with Crippen LogP contribution in [0.2, 0.25) is 0 Å². The molecule has 1 aliphatic rings. The van der Waals surface area contributed by atoms with E-state index in [0.29, 0.717) is 38.4 Å². The van der Waals surface area contributed by atoms with Gasteiger partial charge in [0.2, 0.25) is 10.0 Å². The lowest BCUT2D eigenvalue weighted by Crippen LogP contribution is -2.40. The molecule has 0 saturated carbocycles. The van der Waals surface area contributed by atoms with E-state index in [9.17, 15) is 13.2 Å². The molecule has 0 aromatic heterocycles. The zero-order valence-electron chi connectivity index (χ0n) is 15.4. The van der Waals surface area contributed by atoms with E-state index in [2.05, 4.69) is 0 Å². The number of likely N-dealkylation sites (N-methyl/N-ethyl adjacent to an activating group) is 1. The minimum absolute atomic E-state index is 0.0382. The predicted octanol–water partition coefficient (Wildman–Crippen LogP) is 2.02. The van der Waals surface area contributed by atoms with Crippen molar-refractivity contribution >= 4 is 15.8 Å². The number of hydrogen-bond donors (Lipinski definition) is 0. The molecule has 0 bridgehead atoms. The van der Waals surface area contributed by atoms with Gasteiger partial charge in [-0.05, 0) is 24.7 Å². The highest BCUT2D eigenvalue weighted by Gasteiger charge is 2.26. The molecule has 0 amide bonds. The maximum atomic E-state index is 12.6. The summed E-state index contributed by atoms with van der Waals surface area (Å²) in [4.78, 5) is 14.6. The van der Waals surface area contributed by atoms with Crippen molar-refractivity contribution in [1.29, 1.82) is 0 Å². The van der Waals surface area contributed by atoms with Crippen LogP contribution in [0.3, 0.4) is 0 Å². The summed E-state index contributed by atoms with van der Waals surface area (Å²) in [5.74, 6) is -0.0382. The molecule has 6 nitrogen and oxygen atoms in total. The third-order valence-corrected chi connectivity index (χ3v) is 6.41. The Morgan fingerprint density at radius 1 is 1.04 bits per heavy atom. The average molecular weight is 388 g/mol. The first-order chi connectivity index (χ1) is 13.0. The molecule has 0 spiro atoms. The number of carbonyl (C=O) groups excluding carboxylic acids is 1. The summed E-state index contributed by atoms with van der Waals surface area (Å²) in [7, 11) is -1.65. The number of Topliss-reactive ketones (excluding diaryl/α,β-unsaturated/α-hetero) is 1. The summed E-state index contributed by atoms with van der Waals surface area (Å²) < 4.78 is 31.9. The van der Waals surface area contributed by atoms with Gasteiger partial charge in [-0.15, -0.1) is 0 Å². The highest BCUT2D eigenvalue weighted by atomic mass is 32.2. The standard InChI is InChI=1S/C20H24N2O4S/c1-21(15-17-5-3-2-4-6-17)16-20(23)18-7-9-19(10-8-18)27(24,25)22-11-13-26-14-12-22/h2-10H,11-16H2,1H3. The van der Waals surface area contributed by atoms with Crippen LogP contribution in [0.1, 0.15) is 15.9 Å². The second-order valence-corrected chi connectivity index (χ2v) is 8.56. The van der Waals surface area contributed by atoms with E-state index < -0.39 is 10.0 Å². The number of hydrogen-bond acceptors (Lipinski definition) is 5. The fourth-order valence-electron chi connectivity index (χ4n) is 3.04. The maximum absolute atomic E-state index is 12.6. The van der Waals surface area contributed by atoms with Crippen LogP contribution in [0.25, 0.3) is 0 Å². The Labute approximate surface area is 160 Å². The van der Waals surface area contributed by atoms with E-state index >= 15 is 0 Å². The summed E-state index contributed by atoms with van der Waals surface area (Å²) in [6, 6.07) is 16.1. The largest absolute Gasteiger partial charge is 0.379 e. The fourth-order valence-corrected chi connectivity index (χ4v) is 4.44. The number of sulfonamides is 1. The van der Waals surface area contributed by atoms with Gasteiger partial charge in [0.25, 0.3) is 0 Å². The first-order valence-corrected chi connectivity index (χ1v) is 10.3. The molecule has 7 heteroatoms. The third-order valence-electron chi connectivity index (χ3n) is 4.49. The molecule has 0 atom stereocenters. The second-order valence-electron chi connectivity index (χ2n) is 6.62. The van der Waals surface area contributed by atoms with E-state index in [1.807, 2.05) is 42.3 Å². The molecule has 0 unspecified atom stereocenters. The zero-order chi connectivity index (χ0) is 19.3. The Kier molecular flexibility index (Phi) is 6.38. The maximum Gasteiger partial charge on any atom is 0.243 e. The molecular weight excluding hydrogens is 364 g/mol. The van der Waals surface area contributed by atoms with Crippen LogP contribution in [0.15, 0.2) is 59.5 Å². The molecule has 2 aromatic rings. The summed E-state index contributed by atoms with van der Waals surface area (Å²) in [5, 5.41) is 0. The fraction of sp³-hybridized carbons (Fsp3) is 0.350. The molecule has 2 aromatic carbocycles. The first kappa shape index (κ1) is 19.7. The van der Waals surface area contributed by atoms with Crippen molar-refractivity contribution in [3.05, 3.63) is 65.7 Å². The molecule has 1 aliphatic heterocycles. The van der Waals surface area contributed by atoms with Gasteiger partial charge >= 0.3 is 0 Å². The Morgan fingerprint density at radius 3 is 2.30 bits per heavy atom. The Hall–Kier alpha value is -2.06. The number of carbonyl (C=O) groups is 1. The first-order valence-electron chi connectivity index (χ1n) is 8.90. The SMILES string of the molecule is CN(CC(=O)c1ccc(S(=O)(=O)N2CCOCC2)cc1)Cc1ccccc1. The highest BCUT2D eigenvalue weighted by molar-refractivity contribution is 7.89. The Morgan fingerprint density at radius 2 is 1.67 bits per heavy atom. The van der Waals surface area contributed by atoms with E-state index in [4.69, 9.17) is 4.74 Å². The topological polar surface area (TPSA) is 66.9 Å². The van der Waals surface area contributed by atoms with E-state index in [1.54, 1.807) is 12.1 Å². The van der Waals surface area contributed by atoms with Crippen LogP contribution in [-0.2, 0) is 21.3 Å². The quantitative estimate of drug-likeness (QED) is 0.679. The molecule has 3 rings (SSSR count). The minimum atomic E-state index is -3.54. The monoisotopic (exact) mass is 388 g/mol. The molecular formula is C20H24N2O4S. The Bertz CT molecular complexity index is 861. The predicted molar refractivity (Wildman–Crippen MR) is 103 cm³/mol. The molecule has 1 saturated heterocycles. The normalized spacial score (nSPS) is 15.8. The summed E-state index contributed by atoms with van der Waals surface area (Å²) in [5.41, 5.74) is 1.65. The number of morpholine rings is 1. The average Bonchev–Trinajstić information content (AvgIpc) is 2.69. The van der Waals surface area contributed by atoms with Gasteiger partial charge in [-0.1, -0.05) is 42.5 Å². The van der Waals surface area contributed by atoms with E-state index in [-0.39, 0.29) is 17.2 Å². The lowest BCUT2D eigenvalue weighted by atomic mass is 10.1. The van der Waals surface area contributed by atoms with Crippen LogP contribution >= 0.6 is 0 Å². The lowest BCUT2D eigenvalue weighted by Gasteiger charge is -2.26. The van der Waals surface area contributed by atoms with Crippen LogP contribution in [0.5, 0.6) is 0 Å². The van der Waals surface area contributed by atoms with Crippen molar-refractivity contribution in [3.8, 4) is 0 Å². The van der Waals surface area contributed by atoms with Crippen LogP contribution in [0.4, 0.5) is 0 Å². The van der Waals surface area contributed by atoms with Gasteiger partial charge in [-0.3, -0.25) is 9.69 Å². The number of ether oxygens (including phenoxy) is 1. The number of benzene rings is 2. The van der Waals surface area contributed by atoms with Crippen LogP contribution in [-0.4, -0.2) is 63.3 Å². The lowest BCUT2D eigenvalue weighted by molar-refractivity contribution is 0.0730. The van der Waals surface area contributed by atoms with Gasteiger partial charge in [0, 0.05) is 25.2 Å². The molecule has 27 heavy (non-hydrogen) atoms. The van der Waals surface area contributed by atoms with Gasteiger partial charge in [-0.25, -0.2) is 8.42 Å². The van der Waals surface area contributed by atoms with Crippen molar-refractivity contribution in [2.24, 2.45) is 0 Å². The van der Waals surface area contributed by atoms with Gasteiger partial charge in [0.15, 0.2) is 5.78 Å². The van der Waals surface area contributed by atoms with Gasteiger partial charge in [-0.2, -0.15) is 4.31 Å². The molecule has 1 fully saturated rings. The molecule has 1 heterocycles. The van der Waals surface area contributed by atoms with Crippen molar-refractivity contribution in [2.45, 2.75) is 11.4 Å². The van der Waals surface area contributed by atoms with E-state index in [0.717, 1.165) is 5.56 Å². The van der Waals surface area contributed by atoms with Crippen molar-refractivity contribution in [3.63, 3.8) is 0 Å². The number of nitrogens with zero attached hydrogens (tertiary/aromatic N) is 2. The number of rotatable bonds is 7. The zero-order valence-corrected chi connectivity index (χ0v) is 16.2. The molecule has 0 N–H and O–H groups in total. The van der Waals surface area contributed by atoms with Crippen molar-refractivity contribution in [2.75, 3.05) is 39.9 Å². The van der Waals surface area contributed by atoms with Gasteiger partial charge in [0.1, 0.15) is 0 Å². The molecule has 0 radical (unpaired) electrons. The summed E-state index contributed by atoms with van der Waals surface area (Å²) in [6.07, 6.45) is 0. The summed E-state index contributed by atoms with van der Waals surface area (Å²) in [6.45, 7) is 2.47. The summed E-state index contributed by atoms with van der Waals surface area (Å²) >= 11 is 0. The number of ketones is 1. The molecule has 0 aliphatic carbocycles. The minimum Gasteiger partial charge on any atom is -0.379 e. The highest BCUT2D eigenvalue weighted by Crippen LogP contribution is 2.18. The van der Waals surface area contributed by atoms with Crippen molar-refractivity contribution < 1.29 is 17.9 Å². The second kappa shape index (κ2) is 8.75. The van der Waals surface area contributed by atoms with Crippen LogP contribution in [0, 0.1) is 0 Å². The van der Waals surface area contributed by atoms with Gasteiger partial charge in [0.05, 0.1) is 24.7 Å². The van der Waals surface area contributed by atoms with Crippen molar-refractivity contribution in [1.82, 2.24) is 9.21 Å². The third kappa shape index (κ3) is 5.01. The van der Waals surface area contributed by atoms with Gasteiger partial charge < -0.3 is 4.74 Å². The molecule has 144 valence electrons. The van der Waals surface area contributed by atoms with E-state index in [1.165, 1.54) is 16.4 Å². The Balaban J connectivity index is 1.63. The van der Waals surface area contributed by atoms with Crippen LogP contribution < -0.4 is 0 Å². The smallest absolute Gasteiger partial charge is 0.243 e.